The van der Waals surface area contributed by atoms with Crippen LogP contribution in [0, 0.1) is 22.7 Å². The number of nitriles is 1. The van der Waals surface area contributed by atoms with Crippen LogP contribution < -0.4 is 5.32 Å². The van der Waals surface area contributed by atoms with E-state index in [0.29, 0.717) is 32.0 Å². The minimum absolute atomic E-state index is 0.0653. The van der Waals surface area contributed by atoms with E-state index in [1.807, 2.05) is 19.0 Å². The van der Waals surface area contributed by atoms with E-state index < -0.39 is 5.41 Å². The minimum Gasteiger partial charge on any atom is -0.381 e. The molecule has 1 amide bonds. The first-order valence-electron chi connectivity index (χ1n) is 6.86. The van der Waals surface area contributed by atoms with E-state index >= 15 is 0 Å². The molecule has 1 heterocycles. The molecule has 0 aromatic heterocycles. The summed E-state index contributed by atoms with van der Waals surface area (Å²) in [5.41, 5.74) is -0.905. The second kappa shape index (κ2) is 6.88. The molecule has 19 heavy (non-hydrogen) atoms. The number of likely N-dealkylation sites (N-methyl/N-ethyl adjacent to an activating group) is 1. The third-order valence-electron chi connectivity index (χ3n) is 3.68. The first kappa shape index (κ1) is 15.9. The largest absolute Gasteiger partial charge is 0.381 e. The molecule has 1 aliphatic rings. The van der Waals surface area contributed by atoms with Crippen molar-refractivity contribution in [1.82, 2.24) is 10.2 Å². The summed E-state index contributed by atoms with van der Waals surface area (Å²) in [4.78, 5) is 14.5. The lowest BCUT2D eigenvalue weighted by Crippen LogP contribution is -2.51. The highest BCUT2D eigenvalue weighted by Gasteiger charge is 2.41. The summed E-state index contributed by atoms with van der Waals surface area (Å²) in [6, 6.07) is 2.27. The zero-order valence-electron chi connectivity index (χ0n) is 12.4. The second-order valence-corrected chi connectivity index (χ2v) is 5.89. The van der Waals surface area contributed by atoms with Crippen molar-refractivity contribution in [3.05, 3.63) is 0 Å². The van der Waals surface area contributed by atoms with Crippen LogP contribution in [0.15, 0.2) is 0 Å². The number of amides is 1. The van der Waals surface area contributed by atoms with Crippen molar-refractivity contribution in [3.8, 4) is 6.07 Å². The molecular formula is C14H25N3O2. The van der Waals surface area contributed by atoms with Gasteiger partial charge in [-0.05, 0) is 32.9 Å². The highest BCUT2D eigenvalue weighted by Crippen LogP contribution is 2.30. The van der Waals surface area contributed by atoms with Crippen molar-refractivity contribution in [3.63, 3.8) is 0 Å². The second-order valence-electron chi connectivity index (χ2n) is 5.89. The normalized spacial score (nSPS) is 20.1. The summed E-state index contributed by atoms with van der Waals surface area (Å²) in [7, 11) is 3.96. The molecule has 0 aromatic rings. The van der Waals surface area contributed by atoms with Crippen LogP contribution in [0.2, 0.25) is 0 Å². The van der Waals surface area contributed by atoms with E-state index in [0.717, 1.165) is 6.54 Å². The molecule has 5 heteroatoms. The van der Waals surface area contributed by atoms with E-state index in [1.165, 1.54) is 0 Å². The zero-order valence-corrected chi connectivity index (χ0v) is 12.4. The lowest BCUT2D eigenvalue weighted by Gasteiger charge is -2.33. The molecule has 5 nitrogen and oxygen atoms in total. The van der Waals surface area contributed by atoms with Crippen LogP contribution in [0.4, 0.5) is 0 Å². The molecule has 0 saturated carbocycles. The molecule has 0 aliphatic carbocycles. The Balaban J connectivity index is 2.72. The molecule has 0 spiro atoms. The predicted octanol–water partition coefficient (Wildman–Crippen LogP) is 1.01. The Morgan fingerprint density at radius 1 is 1.42 bits per heavy atom. The zero-order chi connectivity index (χ0) is 14.5. The first-order chi connectivity index (χ1) is 8.91. The molecule has 1 rings (SSSR count). The highest BCUT2D eigenvalue weighted by atomic mass is 16.5. The van der Waals surface area contributed by atoms with Gasteiger partial charge >= 0.3 is 0 Å². The Hall–Kier alpha value is -1.12. The molecule has 1 fully saturated rings. The summed E-state index contributed by atoms with van der Waals surface area (Å²) in [5.74, 6) is 0.195. The summed E-state index contributed by atoms with van der Waals surface area (Å²) in [6.07, 6.45) is 0.976. The number of ether oxygens (including phenoxy) is 1. The molecule has 108 valence electrons. The third kappa shape index (κ3) is 4.19. The van der Waals surface area contributed by atoms with Gasteiger partial charge < -0.3 is 15.0 Å². The van der Waals surface area contributed by atoms with Gasteiger partial charge in [-0.25, -0.2) is 0 Å². The molecule has 1 unspecified atom stereocenters. The lowest BCUT2D eigenvalue weighted by atomic mass is 9.80. The smallest absolute Gasteiger partial charge is 0.240 e. The average molecular weight is 267 g/mol. The van der Waals surface area contributed by atoms with Crippen LogP contribution in [0.1, 0.15) is 26.7 Å². The number of carbonyl (C=O) groups excluding carboxylic acids is 1. The molecule has 1 aliphatic heterocycles. The predicted molar refractivity (Wildman–Crippen MR) is 73.4 cm³/mol. The lowest BCUT2D eigenvalue weighted by molar-refractivity contribution is -0.133. The van der Waals surface area contributed by atoms with Gasteiger partial charge in [0.2, 0.25) is 5.91 Å². The van der Waals surface area contributed by atoms with Crippen molar-refractivity contribution < 1.29 is 9.53 Å². The van der Waals surface area contributed by atoms with Gasteiger partial charge in [-0.1, -0.05) is 13.8 Å². The Bertz CT molecular complexity index is 341. The highest BCUT2D eigenvalue weighted by molar-refractivity contribution is 5.85. The van der Waals surface area contributed by atoms with Gasteiger partial charge in [-0.15, -0.1) is 0 Å². The number of nitrogens with zero attached hydrogens (tertiary/aromatic N) is 2. The quantitative estimate of drug-likeness (QED) is 0.807. The van der Waals surface area contributed by atoms with Crippen LogP contribution in [-0.2, 0) is 9.53 Å². The van der Waals surface area contributed by atoms with E-state index in [-0.39, 0.29) is 11.9 Å². The molecule has 0 aromatic carbocycles. The standard InChI is InChI=1S/C14H25N3O2/c1-11(2)12(9-17(3)4)16-13(18)14(10-15)5-7-19-8-6-14/h11-12H,5-9H2,1-4H3,(H,16,18). The summed E-state index contributed by atoms with van der Waals surface area (Å²) in [6.45, 7) is 5.92. The Morgan fingerprint density at radius 3 is 2.42 bits per heavy atom. The van der Waals surface area contributed by atoms with Crippen LogP contribution in [0.25, 0.3) is 0 Å². The Morgan fingerprint density at radius 2 is 2.00 bits per heavy atom. The molecule has 1 atom stereocenters. The maximum Gasteiger partial charge on any atom is 0.240 e. The van der Waals surface area contributed by atoms with Gasteiger partial charge in [0.05, 0.1) is 6.07 Å². The minimum atomic E-state index is -0.905. The maximum absolute atomic E-state index is 12.4. The molecule has 1 N–H and O–H groups in total. The van der Waals surface area contributed by atoms with Gasteiger partial charge in [0.25, 0.3) is 0 Å². The average Bonchev–Trinajstić information content (AvgIpc) is 2.38. The van der Waals surface area contributed by atoms with Crippen LogP contribution in [0.3, 0.4) is 0 Å². The topological polar surface area (TPSA) is 65.4 Å². The maximum atomic E-state index is 12.4. The molecule has 0 bridgehead atoms. The van der Waals surface area contributed by atoms with Crippen molar-refractivity contribution in [2.24, 2.45) is 11.3 Å². The van der Waals surface area contributed by atoms with Gasteiger partial charge in [0.15, 0.2) is 0 Å². The number of carbonyl (C=O) groups is 1. The van der Waals surface area contributed by atoms with Gasteiger partial charge in [0, 0.05) is 25.8 Å². The number of hydrogen-bond acceptors (Lipinski definition) is 4. The van der Waals surface area contributed by atoms with Gasteiger partial charge in [-0.2, -0.15) is 5.26 Å². The Labute approximate surface area is 115 Å². The van der Waals surface area contributed by atoms with Gasteiger partial charge in [-0.3, -0.25) is 4.79 Å². The molecule has 1 saturated heterocycles. The number of rotatable bonds is 5. The van der Waals surface area contributed by atoms with Crippen molar-refractivity contribution in [2.75, 3.05) is 33.9 Å². The van der Waals surface area contributed by atoms with E-state index in [9.17, 15) is 10.1 Å². The fourth-order valence-electron chi connectivity index (χ4n) is 2.23. The summed E-state index contributed by atoms with van der Waals surface area (Å²) < 4.78 is 5.25. The van der Waals surface area contributed by atoms with E-state index in [4.69, 9.17) is 4.74 Å². The SMILES string of the molecule is CC(C)C(CN(C)C)NC(=O)C1(C#N)CCOCC1. The fourth-order valence-corrected chi connectivity index (χ4v) is 2.23. The van der Waals surface area contributed by atoms with Crippen molar-refractivity contribution in [2.45, 2.75) is 32.7 Å². The first-order valence-corrected chi connectivity index (χ1v) is 6.86. The molecule has 0 radical (unpaired) electrons. The van der Waals surface area contributed by atoms with Crippen molar-refractivity contribution in [1.29, 1.82) is 5.26 Å². The van der Waals surface area contributed by atoms with E-state index in [2.05, 4.69) is 25.2 Å². The van der Waals surface area contributed by atoms with Gasteiger partial charge in [0.1, 0.15) is 5.41 Å². The Kier molecular flexibility index (Phi) is 5.77. The van der Waals surface area contributed by atoms with Crippen LogP contribution in [-0.4, -0.2) is 50.7 Å². The van der Waals surface area contributed by atoms with Crippen LogP contribution >= 0.6 is 0 Å². The summed E-state index contributed by atoms with van der Waals surface area (Å²) >= 11 is 0. The third-order valence-corrected chi connectivity index (χ3v) is 3.68. The fraction of sp³-hybridized carbons (Fsp3) is 0.857. The van der Waals surface area contributed by atoms with E-state index in [1.54, 1.807) is 0 Å². The monoisotopic (exact) mass is 267 g/mol. The summed E-state index contributed by atoms with van der Waals surface area (Å²) in [5, 5.41) is 12.4. The number of hydrogen-bond donors (Lipinski definition) is 1. The number of nitrogens with one attached hydrogen (secondary N) is 1. The van der Waals surface area contributed by atoms with Crippen molar-refractivity contribution >= 4 is 5.91 Å². The van der Waals surface area contributed by atoms with Crippen LogP contribution in [0.5, 0.6) is 0 Å². The molecular weight excluding hydrogens is 242 g/mol.